The van der Waals surface area contributed by atoms with Crippen molar-refractivity contribution in [2.45, 2.75) is 6.61 Å². The first-order valence-electron chi connectivity index (χ1n) is 10.5. The standard InChI is InChI=1S/C26H21ClN2O5S/c1-29-24(30)23(35-26(29)28-19-8-5-7-17(14-19)25(31)32)13-16-10-11-21(22(12-16)33-2)34-15-18-6-3-4-9-20(18)27/h3-14H,15H2,1-2H3,(H,31,32)/b23-13-,28-26?. The predicted molar refractivity (Wildman–Crippen MR) is 138 cm³/mol. The Labute approximate surface area is 211 Å². The SMILES string of the molecule is COc1cc(/C=C2\SC(=Nc3cccc(C(=O)O)c3)N(C)C2=O)ccc1OCc1ccccc1Cl. The zero-order valence-electron chi connectivity index (χ0n) is 18.9. The Morgan fingerprint density at radius 2 is 1.91 bits per heavy atom. The topological polar surface area (TPSA) is 88.4 Å². The van der Waals surface area contributed by atoms with Gasteiger partial charge in [0.25, 0.3) is 5.91 Å². The number of carbonyl (C=O) groups is 2. The summed E-state index contributed by atoms with van der Waals surface area (Å²) in [5.74, 6) is -0.169. The summed E-state index contributed by atoms with van der Waals surface area (Å²) in [6, 6.07) is 19.1. The molecule has 0 aromatic heterocycles. The van der Waals surface area contributed by atoms with E-state index in [1.165, 1.54) is 28.8 Å². The molecule has 9 heteroatoms. The molecule has 1 aliphatic heterocycles. The van der Waals surface area contributed by atoms with E-state index in [0.717, 1.165) is 11.1 Å². The largest absolute Gasteiger partial charge is 0.493 e. The van der Waals surface area contributed by atoms with E-state index in [1.807, 2.05) is 24.3 Å². The van der Waals surface area contributed by atoms with E-state index in [4.69, 9.17) is 21.1 Å². The minimum atomic E-state index is -1.04. The number of nitrogens with zero attached hydrogens (tertiary/aromatic N) is 2. The molecule has 1 fully saturated rings. The Balaban J connectivity index is 1.54. The molecule has 3 aromatic carbocycles. The van der Waals surface area contributed by atoms with Crippen molar-refractivity contribution in [3.05, 3.63) is 93.3 Å². The summed E-state index contributed by atoms with van der Waals surface area (Å²) in [6.45, 7) is 0.290. The number of thioether (sulfide) groups is 1. The Kier molecular flexibility index (Phi) is 7.43. The number of ether oxygens (including phenoxy) is 2. The number of rotatable bonds is 7. The molecule has 1 N–H and O–H groups in total. The number of likely N-dealkylation sites (N-methyl/N-ethyl adjacent to an activating group) is 1. The van der Waals surface area contributed by atoms with Gasteiger partial charge < -0.3 is 14.6 Å². The molecule has 0 bridgehead atoms. The molecule has 3 aromatic rings. The molecule has 1 heterocycles. The number of carboxylic acid groups (broad SMARTS) is 1. The third-order valence-corrected chi connectivity index (χ3v) is 6.58. The van der Waals surface area contributed by atoms with Crippen molar-refractivity contribution >= 4 is 52.2 Å². The second-order valence-corrected chi connectivity index (χ2v) is 8.93. The fraction of sp³-hybridized carbons (Fsp3) is 0.115. The van der Waals surface area contributed by atoms with E-state index >= 15 is 0 Å². The minimum absolute atomic E-state index is 0.128. The van der Waals surface area contributed by atoms with Crippen LogP contribution in [0.3, 0.4) is 0 Å². The average molecular weight is 509 g/mol. The summed E-state index contributed by atoms with van der Waals surface area (Å²) in [5.41, 5.74) is 2.20. The normalized spacial score (nSPS) is 15.6. The lowest BCUT2D eigenvalue weighted by Gasteiger charge is -2.12. The van der Waals surface area contributed by atoms with Crippen LogP contribution in [-0.2, 0) is 11.4 Å². The van der Waals surface area contributed by atoms with Crippen molar-refractivity contribution in [2.75, 3.05) is 14.2 Å². The van der Waals surface area contributed by atoms with Crippen LogP contribution in [0.4, 0.5) is 5.69 Å². The lowest BCUT2D eigenvalue weighted by Crippen LogP contribution is -2.23. The van der Waals surface area contributed by atoms with Crippen molar-refractivity contribution in [3.63, 3.8) is 0 Å². The Morgan fingerprint density at radius 1 is 1.11 bits per heavy atom. The van der Waals surface area contributed by atoms with Crippen LogP contribution in [0.1, 0.15) is 21.5 Å². The number of hydrogen-bond acceptors (Lipinski definition) is 6. The zero-order chi connectivity index (χ0) is 24.9. The van der Waals surface area contributed by atoms with Gasteiger partial charge in [-0.2, -0.15) is 0 Å². The summed E-state index contributed by atoms with van der Waals surface area (Å²) in [6.07, 6.45) is 1.75. The fourth-order valence-corrected chi connectivity index (χ4v) is 4.46. The average Bonchev–Trinajstić information content (AvgIpc) is 3.11. The van der Waals surface area contributed by atoms with Gasteiger partial charge in [0.2, 0.25) is 0 Å². The maximum Gasteiger partial charge on any atom is 0.335 e. The second kappa shape index (κ2) is 10.7. The summed E-state index contributed by atoms with van der Waals surface area (Å²) in [7, 11) is 3.18. The fourth-order valence-electron chi connectivity index (χ4n) is 3.29. The van der Waals surface area contributed by atoms with E-state index in [2.05, 4.69) is 4.99 Å². The number of halogens is 1. The molecule has 35 heavy (non-hydrogen) atoms. The third kappa shape index (κ3) is 5.67. The molecule has 0 atom stereocenters. The van der Waals surface area contributed by atoms with Crippen LogP contribution in [0.25, 0.3) is 6.08 Å². The molecule has 0 aliphatic carbocycles. The number of carboxylic acids is 1. The number of methoxy groups -OCH3 is 1. The number of carbonyl (C=O) groups excluding carboxylic acids is 1. The van der Waals surface area contributed by atoms with Gasteiger partial charge in [0.1, 0.15) is 6.61 Å². The lowest BCUT2D eigenvalue weighted by atomic mass is 10.2. The second-order valence-electron chi connectivity index (χ2n) is 7.52. The first kappa shape index (κ1) is 24.4. The quantitative estimate of drug-likeness (QED) is 0.402. The van der Waals surface area contributed by atoms with Crippen LogP contribution < -0.4 is 9.47 Å². The van der Waals surface area contributed by atoms with E-state index in [9.17, 15) is 14.7 Å². The van der Waals surface area contributed by atoms with Crippen LogP contribution >= 0.6 is 23.4 Å². The van der Waals surface area contributed by atoms with Crippen molar-refractivity contribution in [2.24, 2.45) is 4.99 Å². The van der Waals surface area contributed by atoms with Crippen molar-refractivity contribution in [1.82, 2.24) is 4.90 Å². The number of benzene rings is 3. The van der Waals surface area contributed by atoms with Crippen molar-refractivity contribution in [1.29, 1.82) is 0 Å². The molecule has 1 amide bonds. The monoisotopic (exact) mass is 508 g/mol. The van der Waals surface area contributed by atoms with Crippen LogP contribution in [0.5, 0.6) is 11.5 Å². The van der Waals surface area contributed by atoms with Gasteiger partial charge in [0.05, 0.1) is 23.3 Å². The zero-order valence-corrected chi connectivity index (χ0v) is 20.5. The Hall–Kier alpha value is -3.75. The number of amides is 1. The van der Waals surface area contributed by atoms with Gasteiger partial charge >= 0.3 is 5.97 Å². The summed E-state index contributed by atoms with van der Waals surface area (Å²) >= 11 is 7.41. The van der Waals surface area contributed by atoms with E-state index in [1.54, 1.807) is 50.6 Å². The molecule has 0 radical (unpaired) electrons. The molecule has 0 spiro atoms. The smallest absolute Gasteiger partial charge is 0.335 e. The molecule has 7 nitrogen and oxygen atoms in total. The highest BCUT2D eigenvalue weighted by molar-refractivity contribution is 8.18. The third-order valence-electron chi connectivity index (χ3n) is 5.15. The molecular formula is C26H21ClN2O5S. The Morgan fingerprint density at radius 3 is 2.66 bits per heavy atom. The highest BCUT2D eigenvalue weighted by atomic mass is 35.5. The summed E-state index contributed by atoms with van der Waals surface area (Å²) < 4.78 is 11.4. The minimum Gasteiger partial charge on any atom is -0.493 e. The van der Waals surface area contributed by atoms with Crippen LogP contribution in [-0.4, -0.2) is 41.2 Å². The van der Waals surface area contributed by atoms with Gasteiger partial charge in [-0.3, -0.25) is 9.69 Å². The lowest BCUT2D eigenvalue weighted by molar-refractivity contribution is -0.121. The first-order valence-corrected chi connectivity index (χ1v) is 11.7. The number of aromatic carboxylic acids is 1. The first-order chi connectivity index (χ1) is 16.9. The number of aliphatic imine (C=N–C) groups is 1. The molecule has 0 saturated carbocycles. The predicted octanol–water partition coefficient (Wildman–Crippen LogP) is 5.86. The molecule has 4 rings (SSSR count). The van der Waals surface area contributed by atoms with Gasteiger partial charge in [0.15, 0.2) is 16.7 Å². The molecule has 0 unspecified atom stereocenters. The van der Waals surface area contributed by atoms with Gasteiger partial charge in [-0.25, -0.2) is 9.79 Å². The molecule has 1 aliphatic rings. The van der Waals surface area contributed by atoms with Gasteiger partial charge in [-0.1, -0.05) is 41.9 Å². The summed E-state index contributed by atoms with van der Waals surface area (Å²) in [5, 5.41) is 10.3. The van der Waals surface area contributed by atoms with Crippen LogP contribution in [0, 0.1) is 0 Å². The molecule has 178 valence electrons. The summed E-state index contributed by atoms with van der Waals surface area (Å²) in [4.78, 5) is 30.4. The maximum atomic E-state index is 12.8. The van der Waals surface area contributed by atoms with Gasteiger partial charge in [-0.05, 0) is 59.8 Å². The molecule has 1 saturated heterocycles. The van der Waals surface area contributed by atoms with E-state index in [-0.39, 0.29) is 11.5 Å². The maximum absolute atomic E-state index is 12.8. The number of amidine groups is 1. The van der Waals surface area contributed by atoms with Crippen LogP contribution in [0.15, 0.2) is 76.6 Å². The van der Waals surface area contributed by atoms with Crippen LogP contribution in [0.2, 0.25) is 5.02 Å². The highest BCUT2D eigenvalue weighted by Gasteiger charge is 2.30. The Bertz CT molecular complexity index is 1360. The van der Waals surface area contributed by atoms with Gasteiger partial charge in [0, 0.05) is 17.6 Å². The van der Waals surface area contributed by atoms with E-state index < -0.39 is 5.97 Å². The van der Waals surface area contributed by atoms with Crippen molar-refractivity contribution < 1.29 is 24.2 Å². The number of hydrogen-bond donors (Lipinski definition) is 1. The highest BCUT2D eigenvalue weighted by Crippen LogP contribution is 2.35. The molecular weight excluding hydrogens is 488 g/mol. The van der Waals surface area contributed by atoms with E-state index in [0.29, 0.717) is 38.9 Å². The van der Waals surface area contributed by atoms with Gasteiger partial charge in [-0.15, -0.1) is 0 Å². The van der Waals surface area contributed by atoms with Crippen molar-refractivity contribution in [3.8, 4) is 11.5 Å².